The Hall–Kier alpha value is -2.38. The van der Waals surface area contributed by atoms with E-state index in [1.54, 1.807) is 7.11 Å². The highest BCUT2D eigenvalue weighted by atomic mass is 79.9. The standard InChI is InChI=1S/C32H37BrN2O2S/c1-22(34(2)3)27-13-7-23(20-30(27)33)19-29-28-14-12-26(36-4)21-31(28)38-32(29)24-8-10-25(11-9-24)37-18-17-35-15-5-6-16-35/h7-14,20-22H,5-6,15-19H2,1-4H3. The zero-order valence-electron chi connectivity index (χ0n) is 22.8. The van der Waals surface area contributed by atoms with Crippen LogP contribution in [-0.2, 0) is 6.42 Å². The molecule has 3 aromatic carbocycles. The second kappa shape index (κ2) is 12.2. The predicted octanol–water partition coefficient (Wildman–Crippen LogP) is 8.03. The third-order valence-electron chi connectivity index (χ3n) is 7.66. The molecule has 1 aromatic heterocycles. The molecule has 0 spiro atoms. The first-order chi connectivity index (χ1) is 18.4. The van der Waals surface area contributed by atoms with Crippen molar-refractivity contribution in [1.82, 2.24) is 9.80 Å². The second-order valence-corrected chi connectivity index (χ2v) is 12.3. The lowest BCUT2D eigenvalue weighted by molar-refractivity contribution is 0.238. The van der Waals surface area contributed by atoms with Gasteiger partial charge < -0.3 is 14.4 Å². The fourth-order valence-electron chi connectivity index (χ4n) is 5.17. The van der Waals surface area contributed by atoms with Gasteiger partial charge >= 0.3 is 0 Å². The van der Waals surface area contributed by atoms with E-state index in [4.69, 9.17) is 9.47 Å². The first kappa shape index (κ1) is 27.2. The molecule has 1 saturated heterocycles. The monoisotopic (exact) mass is 592 g/mol. The van der Waals surface area contributed by atoms with Crippen molar-refractivity contribution >= 4 is 37.4 Å². The molecule has 0 amide bonds. The van der Waals surface area contributed by atoms with Crippen molar-refractivity contribution in [1.29, 1.82) is 0 Å². The Bertz CT molecular complexity index is 1380. The van der Waals surface area contributed by atoms with E-state index in [2.05, 4.69) is 107 Å². The molecule has 0 N–H and O–H groups in total. The molecule has 1 fully saturated rings. The van der Waals surface area contributed by atoms with E-state index in [0.29, 0.717) is 6.04 Å². The largest absolute Gasteiger partial charge is 0.497 e. The molecule has 1 aliphatic heterocycles. The number of rotatable bonds is 10. The van der Waals surface area contributed by atoms with Gasteiger partial charge in [-0.05, 0) is 130 Å². The average Bonchev–Trinajstić information content (AvgIpc) is 3.56. The molecule has 4 nitrogen and oxygen atoms in total. The van der Waals surface area contributed by atoms with Gasteiger partial charge in [-0.2, -0.15) is 0 Å². The predicted molar refractivity (Wildman–Crippen MR) is 164 cm³/mol. The van der Waals surface area contributed by atoms with Gasteiger partial charge in [0.2, 0.25) is 0 Å². The molecule has 6 heteroatoms. The van der Waals surface area contributed by atoms with Crippen LogP contribution in [0.5, 0.6) is 11.5 Å². The molecule has 5 rings (SSSR count). The van der Waals surface area contributed by atoms with E-state index in [-0.39, 0.29) is 0 Å². The van der Waals surface area contributed by atoms with Crippen LogP contribution in [0.2, 0.25) is 0 Å². The van der Waals surface area contributed by atoms with Gasteiger partial charge in [0.05, 0.1) is 7.11 Å². The van der Waals surface area contributed by atoms with Crippen LogP contribution in [0, 0.1) is 0 Å². The van der Waals surface area contributed by atoms with Crippen molar-refractivity contribution in [2.45, 2.75) is 32.2 Å². The van der Waals surface area contributed by atoms with Crippen LogP contribution in [-0.4, -0.2) is 57.2 Å². The Kier molecular flexibility index (Phi) is 8.74. The third kappa shape index (κ3) is 6.09. The molecule has 1 atom stereocenters. The summed E-state index contributed by atoms with van der Waals surface area (Å²) in [6.45, 7) is 6.39. The van der Waals surface area contributed by atoms with E-state index in [1.165, 1.54) is 63.1 Å². The van der Waals surface area contributed by atoms with Crippen molar-refractivity contribution in [2.24, 2.45) is 0 Å². The summed E-state index contributed by atoms with van der Waals surface area (Å²) < 4.78 is 14.0. The first-order valence-corrected chi connectivity index (χ1v) is 15.0. The SMILES string of the molecule is COc1ccc2c(Cc3ccc(C(C)N(C)C)c(Br)c3)c(-c3ccc(OCCN4CCCC4)cc3)sc2c1. The van der Waals surface area contributed by atoms with Crippen LogP contribution in [0.25, 0.3) is 20.5 Å². The zero-order valence-corrected chi connectivity index (χ0v) is 25.2. The third-order valence-corrected chi connectivity index (χ3v) is 9.59. The van der Waals surface area contributed by atoms with E-state index in [1.807, 2.05) is 11.3 Å². The summed E-state index contributed by atoms with van der Waals surface area (Å²) in [7, 11) is 5.97. The highest BCUT2D eigenvalue weighted by molar-refractivity contribution is 9.10. The van der Waals surface area contributed by atoms with Crippen molar-refractivity contribution < 1.29 is 9.47 Å². The fraction of sp³-hybridized carbons (Fsp3) is 0.375. The van der Waals surface area contributed by atoms with Gasteiger partial charge in [-0.25, -0.2) is 0 Å². The molecule has 0 radical (unpaired) electrons. The summed E-state index contributed by atoms with van der Waals surface area (Å²) in [5, 5.41) is 1.29. The summed E-state index contributed by atoms with van der Waals surface area (Å²) in [4.78, 5) is 6.02. The normalized spacial score (nSPS) is 14.9. The molecule has 1 aliphatic rings. The first-order valence-electron chi connectivity index (χ1n) is 13.4. The summed E-state index contributed by atoms with van der Waals surface area (Å²) in [5.41, 5.74) is 5.18. The highest BCUT2D eigenvalue weighted by Gasteiger charge is 2.18. The number of methoxy groups -OCH3 is 1. The van der Waals surface area contributed by atoms with Crippen LogP contribution < -0.4 is 9.47 Å². The lowest BCUT2D eigenvalue weighted by atomic mass is 9.97. The van der Waals surface area contributed by atoms with Gasteiger partial charge in [-0.1, -0.05) is 28.1 Å². The van der Waals surface area contributed by atoms with Gasteiger partial charge in [0.25, 0.3) is 0 Å². The van der Waals surface area contributed by atoms with Gasteiger partial charge in [0.1, 0.15) is 18.1 Å². The summed E-state index contributed by atoms with van der Waals surface area (Å²) in [6, 6.07) is 22.2. The van der Waals surface area contributed by atoms with E-state index in [9.17, 15) is 0 Å². The Morgan fingerprint density at radius 1 is 0.974 bits per heavy atom. The maximum absolute atomic E-state index is 6.07. The van der Waals surface area contributed by atoms with Crippen LogP contribution in [0.4, 0.5) is 0 Å². The van der Waals surface area contributed by atoms with Crippen molar-refractivity contribution in [2.75, 3.05) is 47.4 Å². The Balaban J connectivity index is 1.42. The number of hydrogen-bond donors (Lipinski definition) is 0. The van der Waals surface area contributed by atoms with Gasteiger partial charge in [-0.3, -0.25) is 4.90 Å². The van der Waals surface area contributed by atoms with E-state index >= 15 is 0 Å². The minimum Gasteiger partial charge on any atom is -0.497 e. The number of benzene rings is 3. The smallest absolute Gasteiger partial charge is 0.120 e. The summed E-state index contributed by atoms with van der Waals surface area (Å²) >= 11 is 5.68. The number of hydrogen-bond acceptors (Lipinski definition) is 5. The fourth-order valence-corrected chi connectivity index (χ4v) is 7.18. The second-order valence-electron chi connectivity index (χ2n) is 10.4. The van der Waals surface area contributed by atoms with Gasteiger partial charge in [0, 0.05) is 26.6 Å². The number of ether oxygens (including phenoxy) is 2. The van der Waals surface area contributed by atoms with Crippen molar-refractivity contribution in [3.63, 3.8) is 0 Å². The lowest BCUT2D eigenvalue weighted by Gasteiger charge is -2.22. The van der Waals surface area contributed by atoms with Crippen molar-refractivity contribution in [3.05, 3.63) is 81.8 Å². The minimum absolute atomic E-state index is 0.347. The molecule has 0 aliphatic carbocycles. The molecule has 1 unspecified atom stereocenters. The van der Waals surface area contributed by atoms with Crippen LogP contribution in [0.3, 0.4) is 0 Å². The average molecular weight is 594 g/mol. The van der Waals surface area contributed by atoms with Crippen LogP contribution in [0.15, 0.2) is 65.1 Å². The molecule has 4 aromatic rings. The molecular weight excluding hydrogens is 556 g/mol. The molecule has 2 heterocycles. The van der Waals surface area contributed by atoms with Crippen LogP contribution in [0.1, 0.15) is 42.5 Å². The topological polar surface area (TPSA) is 24.9 Å². The molecule has 0 bridgehead atoms. The molecule has 0 saturated carbocycles. The number of likely N-dealkylation sites (tertiary alicyclic amines) is 1. The molecular formula is C32H37BrN2O2S. The van der Waals surface area contributed by atoms with Gasteiger partial charge in [-0.15, -0.1) is 11.3 Å². The Morgan fingerprint density at radius 2 is 1.71 bits per heavy atom. The maximum atomic E-state index is 6.07. The number of nitrogens with zero attached hydrogens (tertiary/aromatic N) is 2. The number of fused-ring (bicyclic) bond motifs is 1. The van der Waals surface area contributed by atoms with Crippen LogP contribution >= 0.6 is 27.3 Å². The molecule has 38 heavy (non-hydrogen) atoms. The molecule has 200 valence electrons. The minimum atomic E-state index is 0.347. The lowest BCUT2D eigenvalue weighted by Crippen LogP contribution is -2.25. The summed E-state index contributed by atoms with van der Waals surface area (Å²) in [6.07, 6.45) is 3.49. The number of thiophene rings is 1. The van der Waals surface area contributed by atoms with Crippen molar-refractivity contribution in [3.8, 4) is 21.9 Å². The highest BCUT2D eigenvalue weighted by Crippen LogP contribution is 2.42. The maximum Gasteiger partial charge on any atom is 0.120 e. The van der Waals surface area contributed by atoms with E-state index < -0.39 is 0 Å². The summed E-state index contributed by atoms with van der Waals surface area (Å²) in [5.74, 6) is 1.83. The Labute approximate surface area is 239 Å². The quantitative estimate of drug-likeness (QED) is 0.186. The van der Waals surface area contributed by atoms with Gasteiger partial charge in [0.15, 0.2) is 0 Å². The van der Waals surface area contributed by atoms with E-state index in [0.717, 1.165) is 35.5 Å². The zero-order chi connectivity index (χ0) is 26.6. The number of halogens is 1. The Morgan fingerprint density at radius 3 is 2.39 bits per heavy atom.